The van der Waals surface area contributed by atoms with Gasteiger partial charge in [0.15, 0.2) is 0 Å². The monoisotopic (exact) mass is 489 g/mol. The van der Waals surface area contributed by atoms with E-state index >= 15 is 0 Å². The highest BCUT2D eigenvalue weighted by Gasteiger charge is 2.60. The zero-order valence-electron chi connectivity index (χ0n) is 17.7. The largest absolute Gasteiger partial charge is 0.434 e. The standard InChI is InChI=1S/C20H26ClF6N3O2/c1-13(2)5-6-28-16-11-15(21)4-3-14(16)12-29-7-9-30(10-8-29)18(31)32-17(19(22,23)24)20(25,26)27/h3-4,11,13,17,28H,5-10,12H2,1-2H3. The van der Waals surface area contributed by atoms with Gasteiger partial charge < -0.3 is 15.0 Å². The second kappa shape index (κ2) is 10.8. The SMILES string of the molecule is CC(C)CCNc1cc(Cl)ccc1CN1CCN(C(=O)OC(C(F)(F)F)C(F)(F)F)CC1. The molecule has 1 saturated heterocycles. The Hall–Kier alpha value is -1.88. The van der Waals surface area contributed by atoms with Crippen LogP contribution in [-0.2, 0) is 11.3 Å². The number of piperazine rings is 1. The zero-order chi connectivity index (χ0) is 24.1. The van der Waals surface area contributed by atoms with Gasteiger partial charge in [-0.05, 0) is 30.0 Å². The smallest absolute Gasteiger partial charge is 0.426 e. The lowest BCUT2D eigenvalue weighted by molar-refractivity contribution is -0.308. The van der Waals surface area contributed by atoms with Gasteiger partial charge in [-0.15, -0.1) is 0 Å². The van der Waals surface area contributed by atoms with E-state index in [1.807, 2.05) is 11.0 Å². The first kappa shape index (κ1) is 26.4. The lowest BCUT2D eigenvalue weighted by Gasteiger charge is -2.35. The van der Waals surface area contributed by atoms with Crippen LogP contribution in [0.3, 0.4) is 0 Å². The number of halogens is 7. The molecule has 5 nitrogen and oxygen atoms in total. The minimum absolute atomic E-state index is 0.0506. The number of amides is 1. The highest BCUT2D eigenvalue weighted by atomic mass is 35.5. The number of benzene rings is 1. The number of nitrogens with one attached hydrogen (secondary N) is 1. The molecule has 0 bridgehead atoms. The summed E-state index contributed by atoms with van der Waals surface area (Å²) < 4.78 is 79.4. The highest BCUT2D eigenvalue weighted by Crippen LogP contribution is 2.36. The second-order valence-electron chi connectivity index (χ2n) is 8.02. The molecule has 1 aromatic carbocycles. The van der Waals surface area contributed by atoms with Crippen LogP contribution in [-0.4, -0.2) is 67.1 Å². The average molecular weight is 490 g/mol. The summed E-state index contributed by atoms with van der Waals surface area (Å²) in [7, 11) is 0. The molecule has 0 unspecified atom stereocenters. The molecule has 1 amide bonds. The van der Waals surface area contributed by atoms with E-state index in [4.69, 9.17) is 11.6 Å². The van der Waals surface area contributed by atoms with Crippen LogP contribution in [0.4, 0.5) is 36.8 Å². The highest BCUT2D eigenvalue weighted by molar-refractivity contribution is 6.30. The molecular formula is C20H26ClF6N3O2. The minimum Gasteiger partial charge on any atom is -0.426 e. The van der Waals surface area contributed by atoms with Crippen molar-refractivity contribution in [2.24, 2.45) is 5.92 Å². The van der Waals surface area contributed by atoms with Crippen molar-refractivity contribution in [1.82, 2.24) is 9.80 Å². The maximum Gasteiger partial charge on any atom is 0.434 e. The number of ether oxygens (including phenoxy) is 1. The fourth-order valence-electron chi connectivity index (χ4n) is 3.17. The molecule has 0 radical (unpaired) electrons. The molecule has 1 fully saturated rings. The van der Waals surface area contributed by atoms with Crippen molar-refractivity contribution in [3.63, 3.8) is 0 Å². The van der Waals surface area contributed by atoms with Gasteiger partial charge in [0.25, 0.3) is 6.10 Å². The zero-order valence-corrected chi connectivity index (χ0v) is 18.4. The van der Waals surface area contributed by atoms with Crippen LogP contribution >= 0.6 is 11.6 Å². The number of hydrogen-bond acceptors (Lipinski definition) is 4. The third kappa shape index (κ3) is 7.91. The molecule has 0 atom stereocenters. The van der Waals surface area contributed by atoms with E-state index < -0.39 is 24.5 Å². The van der Waals surface area contributed by atoms with Crippen LogP contribution in [0.15, 0.2) is 18.2 Å². The maximum atomic E-state index is 12.6. The number of carbonyl (C=O) groups is 1. The molecule has 2 rings (SSSR count). The molecular weight excluding hydrogens is 464 g/mol. The first-order valence-corrected chi connectivity index (χ1v) is 10.5. The summed E-state index contributed by atoms with van der Waals surface area (Å²) >= 11 is 6.09. The number of rotatable bonds is 7. The fraction of sp³-hybridized carbons (Fsp3) is 0.650. The van der Waals surface area contributed by atoms with Crippen molar-refractivity contribution < 1.29 is 35.9 Å². The average Bonchev–Trinajstić information content (AvgIpc) is 2.66. The summed E-state index contributed by atoms with van der Waals surface area (Å²) in [5.41, 5.74) is 1.81. The molecule has 1 N–H and O–H groups in total. The van der Waals surface area contributed by atoms with Gasteiger partial charge in [0, 0.05) is 50.0 Å². The predicted molar refractivity (Wildman–Crippen MR) is 109 cm³/mol. The van der Waals surface area contributed by atoms with Crippen LogP contribution in [0, 0.1) is 5.92 Å². The van der Waals surface area contributed by atoms with E-state index in [0.29, 0.717) is 17.5 Å². The van der Waals surface area contributed by atoms with Crippen molar-refractivity contribution in [3.05, 3.63) is 28.8 Å². The van der Waals surface area contributed by atoms with Gasteiger partial charge in [-0.3, -0.25) is 4.90 Å². The number of nitrogens with zero attached hydrogens (tertiary/aromatic N) is 2. The van der Waals surface area contributed by atoms with Gasteiger partial charge in [0.05, 0.1) is 0 Å². The molecule has 0 aromatic heterocycles. The molecule has 0 aliphatic carbocycles. The third-order valence-corrected chi connectivity index (χ3v) is 5.18. The molecule has 12 heteroatoms. The Bertz CT molecular complexity index is 751. The molecule has 0 spiro atoms. The number of alkyl halides is 6. The summed E-state index contributed by atoms with van der Waals surface area (Å²) in [6.45, 7) is 5.89. The maximum absolute atomic E-state index is 12.6. The van der Waals surface area contributed by atoms with Crippen LogP contribution in [0.5, 0.6) is 0 Å². The number of carbonyl (C=O) groups excluding carboxylic acids is 1. The molecule has 1 aromatic rings. The summed E-state index contributed by atoms with van der Waals surface area (Å²) in [4.78, 5) is 14.7. The van der Waals surface area contributed by atoms with Crippen molar-refractivity contribution >= 4 is 23.4 Å². The van der Waals surface area contributed by atoms with Crippen molar-refractivity contribution in [2.75, 3.05) is 38.0 Å². The molecule has 0 saturated carbocycles. The Morgan fingerprint density at radius 2 is 1.69 bits per heavy atom. The summed E-state index contributed by atoms with van der Waals surface area (Å²) in [5, 5.41) is 3.91. The fourth-order valence-corrected chi connectivity index (χ4v) is 3.34. The number of hydrogen-bond donors (Lipinski definition) is 1. The normalized spacial score (nSPS) is 16.0. The first-order chi connectivity index (χ1) is 14.8. The van der Waals surface area contributed by atoms with E-state index in [-0.39, 0.29) is 26.2 Å². The Morgan fingerprint density at radius 1 is 1.09 bits per heavy atom. The molecule has 32 heavy (non-hydrogen) atoms. The van der Waals surface area contributed by atoms with Gasteiger partial charge >= 0.3 is 18.4 Å². The van der Waals surface area contributed by atoms with Crippen LogP contribution in [0.2, 0.25) is 5.02 Å². The van der Waals surface area contributed by atoms with Crippen LogP contribution < -0.4 is 5.32 Å². The van der Waals surface area contributed by atoms with Gasteiger partial charge in [0.1, 0.15) is 0 Å². The van der Waals surface area contributed by atoms with E-state index in [2.05, 4.69) is 23.9 Å². The topological polar surface area (TPSA) is 44.8 Å². The lowest BCUT2D eigenvalue weighted by Crippen LogP contribution is -2.52. The van der Waals surface area contributed by atoms with Gasteiger partial charge in [-0.1, -0.05) is 31.5 Å². The summed E-state index contributed by atoms with van der Waals surface area (Å²) in [6.07, 6.45) is -16.3. The molecule has 1 aliphatic heterocycles. The van der Waals surface area contributed by atoms with E-state index in [9.17, 15) is 31.1 Å². The van der Waals surface area contributed by atoms with Gasteiger partial charge in [-0.25, -0.2) is 4.79 Å². The van der Waals surface area contributed by atoms with Crippen molar-refractivity contribution in [3.8, 4) is 0 Å². The van der Waals surface area contributed by atoms with E-state index in [1.165, 1.54) is 0 Å². The Morgan fingerprint density at radius 3 is 2.22 bits per heavy atom. The van der Waals surface area contributed by atoms with Gasteiger partial charge in [-0.2, -0.15) is 26.3 Å². The lowest BCUT2D eigenvalue weighted by atomic mass is 10.1. The molecule has 1 aliphatic rings. The van der Waals surface area contributed by atoms with Crippen molar-refractivity contribution in [2.45, 2.75) is 45.3 Å². The quantitative estimate of drug-likeness (QED) is 0.510. The summed E-state index contributed by atoms with van der Waals surface area (Å²) in [6, 6.07) is 5.41. The predicted octanol–water partition coefficient (Wildman–Crippen LogP) is 5.55. The first-order valence-electron chi connectivity index (χ1n) is 10.1. The van der Waals surface area contributed by atoms with Crippen molar-refractivity contribution in [1.29, 1.82) is 0 Å². The number of anilines is 1. The molecule has 182 valence electrons. The Kier molecular flexibility index (Phi) is 8.92. The third-order valence-electron chi connectivity index (χ3n) is 4.95. The van der Waals surface area contributed by atoms with E-state index in [0.717, 1.165) is 29.1 Å². The van der Waals surface area contributed by atoms with Crippen LogP contribution in [0.25, 0.3) is 0 Å². The molecule has 1 heterocycles. The van der Waals surface area contributed by atoms with E-state index in [1.54, 1.807) is 12.1 Å². The Labute approximate surface area is 187 Å². The van der Waals surface area contributed by atoms with Crippen LogP contribution in [0.1, 0.15) is 25.8 Å². The summed E-state index contributed by atoms with van der Waals surface area (Å²) in [5.74, 6) is 0.521. The Balaban J connectivity index is 1.94. The van der Waals surface area contributed by atoms with Gasteiger partial charge in [0.2, 0.25) is 0 Å². The second-order valence-corrected chi connectivity index (χ2v) is 8.46. The minimum atomic E-state index is -5.73.